The summed E-state index contributed by atoms with van der Waals surface area (Å²) in [6, 6.07) is 0. The second-order valence-corrected chi connectivity index (χ2v) is 6.61. The number of fused-ring (bicyclic) bond motifs is 1. The van der Waals surface area contributed by atoms with E-state index in [1.54, 1.807) is 0 Å². The van der Waals surface area contributed by atoms with Crippen molar-refractivity contribution in [2.24, 2.45) is 22.2 Å². The lowest BCUT2D eigenvalue weighted by atomic mass is 9.42. The number of allylic oxidation sites excluding steroid dienone is 4. The van der Waals surface area contributed by atoms with E-state index in [0.717, 1.165) is 12.8 Å². The zero-order valence-electron chi connectivity index (χ0n) is 10.6. The molecule has 4 aliphatic carbocycles. The van der Waals surface area contributed by atoms with Crippen LogP contribution in [0.2, 0.25) is 0 Å². The summed E-state index contributed by atoms with van der Waals surface area (Å²) >= 11 is 0. The third-order valence-electron chi connectivity index (χ3n) is 5.72. The van der Waals surface area contributed by atoms with Gasteiger partial charge in [0.2, 0.25) is 0 Å². The highest BCUT2D eigenvalue weighted by atomic mass is 16.1. The van der Waals surface area contributed by atoms with E-state index in [9.17, 15) is 4.79 Å². The van der Waals surface area contributed by atoms with Gasteiger partial charge in [-0.25, -0.2) is 0 Å². The molecular weight excluding hydrogens is 196 g/mol. The van der Waals surface area contributed by atoms with Crippen LogP contribution in [-0.2, 0) is 4.79 Å². The van der Waals surface area contributed by atoms with Gasteiger partial charge in [0.05, 0.1) is 5.41 Å². The number of carbonyl (C=O) groups excluding carboxylic acids is 1. The normalized spacial score (nSPS) is 48.1. The molecular formula is C15H20O. The summed E-state index contributed by atoms with van der Waals surface area (Å²) in [5.41, 5.74) is 1.01. The fourth-order valence-electron chi connectivity index (χ4n) is 4.24. The zero-order chi connectivity index (χ0) is 11.8. The van der Waals surface area contributed by atoms with Crippen molar-refractivity contribution < 1.29 is 4.79 Å². The standard InChI is InChI=1S/C15H20O/c1-10-8-14(4)9-11-6-5-7-15(10,11)12(16)13(14,2)3/h5-6,8,11H,7,9H2,1-4H3/t11-,14+,15-/m0/s1. The molecule has 1 heteroatoms. The Morgan fingerprint density at radius 2 is 2.00 bits per heavy atom. The van der Waals surface area contributed by atoms with E-state index >= 15 is 0 Å². The fraction of sp³-hybridized carbons (Fsp3) is 0.667. The average Bonchev–Trinajstić information content (AvgIpc) is 2.59. The van der Waals surface area contributed by atoms with E-state index < -0.39 is 0 Å². The van der Waals surface area contributed by atoms with Crippen molar-refractivity contribution in [3.05, 3.63) is 23.8 Å². The topological polar surface area (TPSA) is 17.1 Å². The summed E-state index contributed by atoms with van der Waals surface area (Å²) in [6.45, 7) is 8.68. The summed E-state index contributed by atoms with van der Waals surface area (Å²) in [6.07, 6.45) is 8.95. The van der Waals surface area contributed by atoms with Crippen LogP contribution >= 0.6 is 0 Å². The van der Waals surface area contributed by atoms with Crippen LogP contribution in [0.1, 0.15) is 40.5 Å². The maximum absolute atomic E-state index is 12.8. The smallest absolute Gasteiger partial charge is 0.150 e. The molecule has 16 heavy (non-hydrogen) atoms. The SMILES string of the molecule is CC1=C[C@]2(C)C[C@@H]3C=CC[C@]13C(=O)C2(C)C. The molecule has 0 heterocycles. The molecule has 1 spiro atoms. The Labute approximate surface area is 97.6 Å². The minimum atomic E-state index is -0.199. The van der Waals surface area contributed by atoms with Gasteiger partial charge < -0.3 is 0 Å². The first-order valence-electron chi connectivity index (χ1n) is 6.26. The van der Waals surface area contributed by atoms with Crippen molar-refractivity contribution >= 4 is 5.78 Å². The molecule has 2 bridgehead atoms. The van der Waals surface area contributed by atoms with Crippen LogP contribution in [-0.4, -0.2) is 5.78 Å². The number of rotatable bonds is 0. The Bertz CT molecular complexity index is 440. The van der Waals surface area contributed by atoms with Crippen molar-refractivity contribution in [2.75, 3.05) is 0 Å². The molecule has 1 saturated carbocycles. The van der Waals surface area contributed by atoms with Crippen LogP contribution < -0.4 is 0 Å². The lowest BCUT2D eigenvalue weighted by Gasteiger charge is -2.59. The highest BCUT2D eigenvalue weighted by molar-refractivity contribution is 5.97. The molecule has 86 valence electrons. The van der Waals surface area contributed by atoms with Gasteiger partial charge >= 0.3 is 0 Å². The lowest BCUT2D eigenvalue weighted by Crippen LogP contribution is -2.60. The van der Waals surface area contributed by atoms with Crippen molar-refractivity contribution in [2.45, 2.75) is 40.5 Å². The van der Waals surface area contributed by atoms with Crippen LogP contribution in [0.15, 0.2) is 23.8 Å². The maximum atomic E-state index is 12.8. The molecule has 0 radical (unpaired) electrons. The summed E-state index contributed by atoms with van der Waals surface area (Å²) < 4.78 is 0. The highest BCUT2D eigenvalue weighted by Crippen LogP contribution is 2.67. The first-order valence-corrected chi connectivity index (χ1v) is 6.26. The Morgan fingerprint density at radius 3 is 2.69 bits per heavy atom. The van der Waals surface area contributed by atoms with Crippen LogP contribution in [0.3, 0.4) is 0 Å². The van der Waals surface area contributed by atoms with E-state index in [1.165, 1.54) is 5.57 Å². The number of hydrogen-bond acceptors (Lipinski definition) is 1. The molecule has 0 aromatic heterocycles. The molecule has 0 saturated heterocycles. The van der Waals surface area contributed by atoms with Crippen molar-refractivity contribution in [3.63, 3.8) is 0 Å². The predicted octanol–water partition coefficient (Wildman–Crippen LogP) is 3.51. The van der Waals surface area contributed by atoms with Gasteiger partial charge in [0.15, 0.2) is 0 Å². The minimum Gasteiger partial charge on any atom is -0.298 e. The summed E-state index contributed by atoms with van der Waals surface area (Å²) in [5.74, 6) is 0.937. The van der Waals surface area contributed by atoms with Gasteiger partial charge in [-0.1, -0.05) is 44.6 Å². The average molecular weight is 216 g/mol. The molecule has 0 aromatic rings. The van der Waals surface area contributed by atoms with Gasteiger partial charge in [-0.05, 0) is 31.1 Å². The van der Waals surface area contributed by atoms with Crippen LogP contribution in [0.4, 0.5) is 0 Å². The first kappa shape index (κ1) is 10.3. The lowest BCUT2D eigenvalue weighted by molar-refractivity contribution is -0.153. The Balaban J connectivity index is 2.29. The Hall–Kier alpha value is -0.850. The summed E-state index contributed by atoms with van der Waals surface area (Å²) in [5, 5.41) is 0. The predicted molar refractivity (Wildman–Crippen MR) is 64.9 cm³/mol. The number of carbonyl (C=O) groups is 1. The van der Waals surface area contributed by atoms with Crippen LogP contribution in [0, 0.1) is 22.2 Å². The van der Waals surface area contributed by atoms with Crippen molar-refractivity contribution in [1.29, 1.82) is 0 Å². The Morgan fingerprint density at radius 1 is 1.31 bits per heavy atom. The fourth-order valence-corrected chi connectivity index (χ4v) is 4.24. The van der Waals surface area contributed by atoms with E-state index in [0.29, 0.717) is 11.7 Å². The highest BCUT2D eigenvalue weighted by Gasteiger charge is 2.65. The molecule has 0 unspecified atom stereocenters. The molecule has 1 nitrogen and oxygen atoms in total. The number of hydrogen-bond donors (Lipinski definition) is 0. The molecule has 0 N–H and O–H groups in total. The quantitative estimate of drug-likeness (QED) is 0.566. The summed E-state index contributed by atoms with van der Waals surface area (Å²) in [7, 11) is 0. The minimum absolute atomic E-state index is 0.0509. The molecule has 1 fully saturated rings. The van der Waals surface area contributed by atoms with Gasteiger partial charge in [-0.15, -0.1) is 0 Å². The molecule has 4 rings (SSSR count). The number of ketones is 1. The Kier molecular flexibility index (Phi) is 1.63. The van der Waals surface area contributed by atoms with Gasteiger partial charge in [0.25, 0.3) is 0 Å². The second kappa shape index (κ2) is 2.52. The van der Waals surface area contributed by atoms with Gasteiger partial charge in [0.1, 0.15) is 5.78 Å². The largest absolute Gasteiger partial charge is 0.298 e. The second-order valence-electron chi connectivity index (χ2n) is 6.61. The molecule has 0 aliphatic heterocycles. The van der Waals surface area contributed by atoms with E-state index in [1.807, 2.05) is 0 Å². The molecule has 3 atom stereocenters. The zero-order valence-corrected chi connectivity index (χ0v) is 10.6. The van der Waals surface area contributed by atoms with E-state index in [-0.39, 0.29) is 16.2 Å². The number of Topliss-reactive ketones (excluding diaryl/α,β-unsaturated/α-hetero) is 1. The third-order valence-corrected chi connectivity index (χ3v) is 5.72. The third kappa shape index (κ3) is 0.804. The molecule has 4 aliphatic rings. The monoisotopic (exact) mass is 216 g/mol. The van der Waals surface area contributed by atoms with E-state index in [2.05, 4.69) is 45.9 Å². The molecule has 0 amide bonds. The van der Waals surface area contributed by atoms with Crippen LogP contribution in [0.25, 0.3) is 0 Å². The summed E-state index contributed by atoms with van der Waals surface area (Å²) in [4.78, 5) is 12.8. The van der Waals surface area contributed by atoms with Gasteiger partial charge in [0, 0.05) is 5.41 Å². The first-order chi connectivity index (χ1) is 7.34. The van der Waals surface area contributed by atoms with Crippen molar-refractivity contribution in [3.8, 4) is 0 Å². The van der Waals surface area contributed by atoms with Crippen molar-refractivity contribution in [1.82, 2.24) is 0 Å². The molecule has 0 aromatic carbocycles. The van der Waals surface area contributed by atoms with Gasteiger partial charge in [-0.3, -0.25) is 4.79 Å². The maximum Gasteiger partial charge on any atom is 0.150 e. The van der Waals surface area contributed by atoms with Crippen LogP contribution in [0.5, 0.6) is 0 Å². The van der Waals surface area contributed by atoms with E-state index in [4.69, 9.17) is 0 Å². The van der Waals surface area contributed by atoms with Gasteiger partial charge in [-0.2, -0.15) is 0 Å².